The number of amides is 1. The number of nitrogens with zero attached hydrogens (tertiary/aromatic N) is 1. The Hall–Kier alpha value is -2.04. The van der Waals surface area contributed by atoms with Crippen LogP contribution in [0.25, 0.3) is 0 Å². The standard InChI is InChI=1S/C20H29NO4/c1-20(2,13-16-8-4-5-9-17(16)25-3)19(24)21-12-6-7-15(14-21)10-11-18(22)23/h4-5,8-9,15H,6-7,10-14H2,1-3H3,(H,22,23). The predicted octanol–water partition coefficient (Wildman–Crippen LogP) is 3.37. The van der Waals surface area contributed by atoms with Gasteiger partial charge in [0.15, 0.2) is 0 Å². The number of piperidine rings is 1. The highest BCUT2D eigenvalue weighted by Crippen LogP contribution is 2.31. The molecular weight excluding hydrogens is 318 g/mol. The van der Waals surface area contributed by atoms with Gasteiger partial charge in [-0.1, -0.05) is 32.0 Å². The second-order valence-corrected chi connectivity index (χ2v) is 7.56. The van der Waals surface area contributed by atoms with Crippen LogP contribution in [-0.2, 0) is 16.0 Å². The van der Waals surface area contributed by atoms with Gasteiger partial charge in [-0.2, -0.15) is 0 Å². The van der Waals surface area contributed by atoms with Crippen LogP contribution in [0, 0.1) is 11.3 Å². The van der Waals surface area contributed by atoms with Gasteiger partial charge < -0.3 is 14.7 Å². The third kappa shape index (κ3) is 5.21. The van der Waals surface area contributed by atoms with E-state index in [1.807, 2.05) is 43.0 Å². The minimum Gasteiger partial charge on any atom is -0.496 e. The van der Waals surface area contributed by atoms with Gasteiger partial charge in [0.25, 0.3) is 0 Å². The number of likely N-dealkylation sites (tertiary alicyclic amines) is 1. The van der Waals surface area contributed by atoms with Gasteiger partial charge in [-0.3, -0.25) is 9.59 Å². The van der Waals surface area contributed by atoms with Crippen LogP contribution >= 0.6 is 0 Å². The van der Waals surface area contributed by atoms with Gasteiger partial charge in [-0.05, 0) is 43.2 Å². The summed E-state index contributed by atoms with van der Waals surface area (Å²) in [5.74, 6) is 0.468. The monoisotopic (exact) mass is 347 g/mol. The van der Waals surface area contributed by atoms with Crippen molar-refractivity contribution < 1.29 is 19.4 Å². The number of hydrogen-bond acceptors (Lipinski definition) is 3. The topological polar surface area (TPSA) is 66.8 Å². The first kappa shape index (κ1) is 19.3. The summed E-state index contributed by atoms with van der Waals surface area (Å²) in [5, 5.41) is 8.87. The van der Waals surface area contributed by atoms with E-state index in [0.29, 0.717) is 19.4 Å². The molecule has 5 nitrogen and oxygen atoms in total. The molecule has 1 aliphatic rings. The summed E-state index contributed by atoms with van der Waals surface area (Å²) in [6, 6.07) is 7.80. The molecule has 1 heterocycles. The fourth-order valence-electron chi connectivity index (χ4n) is 3.64. The number of methoxy groups -OCH3 is 1. The molecule has 0 bridgehead atoms. The van der Waals surface area contributed by atoms with Crippen LogP contribution in [0.5, 0.6) is 5.75 Å². The molecule has 25 heavy (non-hydrogen) atoms. The average molecular weight is 347 g/mol. The molecule has 2 rings (SSSR count). The summed E-state index contributed by atoms with van der Waals surface area (Å²) < 4.78 is 5.41. The highest BCUT2D eigenvalue weighted by molar-refractivity contribution is 5.82. The van der Waals surface area contributed by atoms with Gasteiger partial charge in [0.2, 0.25) is 5.91 Å². The molecule has 5 heteroatoms. The van der Waals surface area contributed by atoms with E-state index < -0.39 is 11.4 Å². The molecule has 1 fully saturated rings. The number of hydrogen-bond donors (Lipinski definition) is 1. The van der Waals surface area contributed by atoms with Crippen molar-refractivity contribution in [2.75, 3.05) is 20.2 Å². The Morgan fingerprint density at radius 2 is 2.04 bits per heavy atom. The molecule has 0 aromatic heterocycles. The van der Waals surface area contributed by atoms with Crippen molar-refractivity contribution in [2.24, 2.45) is 11.3 Å². The Morgan fingerprint density at radius 3 is 2.72 bits per heavy atom. The maximum Gasteiger partial charge on any atom is 0.303 e. The Balaban J connectivity index is 2.03. The van der Waals surface area contributed by atoms with Crippen LogP contribution in [0.2, 0.25) is 0 Å². The number of ether oxygens (including phenoxy) is 1. The quantitative estimate of drug-likeness (QED) is 0.821. The Morgan fingerprint density at radius 1 is 1.32 bits per heavy atom. The van der Waals surface area contributed by atoms with Gasteiger partial charge in [0.1, 0.15) is 5.75 Å². The highest BCUT2D eigenvalue weighted by Gasteiger charge is 2.35. The molecule has 1 aromatic carbocycles. The number of carbonyl (C=O) groups is 2. The first-order chi connectivity index (χ1) is 11.8. The molecule has 0 radical (unpaired) electrons. The largest absolute Gasteiger partial charge is 0.496 e. The van der Waals surface area contributed by atoms with Gasteiger partial charge in [0.05, 0.1) is 7.11 Å². The zero-order valence-electron chi connectivity index (χ0n) is 15.5. The van der Waals surface area contributed by atoms with Crippen LogP contribution < -0.4 is 4.74 Å². The fourth-order valence-corrected chi connectivity index (χ4v) is 3.64. The van der Waals surface area contributed by atoms with E-state index in [1.54, 1.807) is 7.11 Å². The normalized spacial score (nSPS) is 18.0. The highest BCUT2D eigenvalue weighted by atomic mass is 16.5. The van der Waals surface area contributed by atoms with E-state index in [-0.39, 0.29) is 18.2 Å². The van der Waals surface area contributed by atoms with E-state index in [4.69, 9.17) is 9.84 Å². The Kier molecular flexibility index (Phi) is 6.45. The fraction of sp³-hybridized carbons (Fsp3) is 0.600. The minimum absolute atomic E-state index is 0.137. The van der Waals surface area contributed by atoms with Gasteiger partial charge >= 0.3 is 5.97 Å². The third-order valence-electron chi connectivity index (χ3n) is 4.98. The lowest BCUT2D eigenvalue weighted by Crippen LogP contribution is -2.47. The first-order valence-electron chi connectivity index (χ1n) is 8.96. The zero-order valence-corrected chi connectivity index (χ0v) is 15.5. The molecule has 0 aliphatic carbocycles. The summed E-state index contributed by atoms with van der Waals surface area (Å²) >= 11 is 0. The van der Waals surface area contributed by atoms with Gasteiger partial charge in [-0.15, -0.1) is 0 Å². The molecule has 0 saturated carbocycles. The Labute approximate surface area is 150 Å². The molecule has 1 amide bonds. The van der Waals surface area contributed by atoms with Crippen molar-refractivity contribution in [1.82, 2.24) is 4.90 Å². The second-order valence-electron chi connectivity index (χ2n) is 7.56. The predicted molar refractivity (Wildman–Crippen MR) is 96.7 cm³/mol. The third-order valence-corrected chi connectivity index (χ3v) is 4.98. The summed E-state index contributed by atoms with van der Waals surface area (Å²) in [5.41, 5.74) is 0.506. The smallest absolute Gasteiger partial charge is 0.303 e. The van der Waals surface area contributed by atoms with E-state index in [0.717, 1.165) is 30.7 Å². The summed E-state index contributed by atoms with van der Waals surface area (Å²) in [6.45, 7) is 5.38. The van der Waals surface area contributed by atoms with Crippen molar-refractivity contribution in [3.8, 4) is 5.75 Å². The van der Waals surface area contributed by atoms with E-state index in [2.05, 4.69) is 0 Å². The van der Waals surface area contributed by atoms with Crippen LogP contribution in [0.4, 0.5) is 0 Å². The van der Waals surface area contributed by atoms with Crippen molar-refractivity contribution >= 4 is 11.9 Å². The van der Waals surface area contributed by atoms with E-state index >= 15 is 0 Å². The molecule has 1 saturated heterocycles. The van der Waals surface area contributed by atoms with E-state index in [9.17, 15) is 9.59 Å². The molecular formula is C20H29NO4. The lowest BCUT2D eigenvalue weighted by Gasteiger charge is -2.38. The Bertz CT molecular complexity index is 611. The number of carboxylic acid groups (broad SMARTS) is 1. The second kappa shape index (κ2) is 8.37. The van der Waals surface area contributed by atoms with Crippen LogP contribution in [-0.4, -0.2) is 42.1 Å². The van der Waals surface area contributed by atoms with Crippen LogP contribution in [0.1, 0.15) is 45.1 Å². The lowest BCUT2D eigenvalue weighted by atomic mass is 9.82. The first-order valence-corrected chi connectivity index (χ1v) is 8.96. The van der Waals surface area contributed by atoms with Crippen molar-refractivity contribution in [3.63, 3.8) is 0 Å². The number of para-hydroxylation sites is 1. The summed E-state index contributed by atoms with van der Waals surface area (Å²) in [4.78, 5) is 25.8. The number of carboxylic acids is 1. The zero-order chi connectivity index (χ0) is 18.4. The number of aliphatic carboxylic acids is 1. The van der Waals surface area contributed by atoms with Crippen LogP contribution in [0.15, 0.2) is 24.3 Å². The molecule has 1 atom stereocenters. The van der Waals surface area contributed by atoms with Crippen molar-refractivity contribution in [2.45, 2.75) is 46.0 Å². The molecule has 0 spiro atoms. The average Bonchev–Trinajstić information content (AvgIpc) is 2.59. The van der Waals surface area contributed by atoms with Crippen LogP contribution in [0.3, 0.4) is 0 Å². The number of carbonyl (C=O) groups excluding carboxylic acids is 1. The molecule has 138 valence electrons. The maximum atomic E-state index is 13.1. The van der Waals surface area contributed by atoms with Gasteiger partial charge in [0, 0.05) is 24.9 Å². The minimum atomic E-state index is -0.764. The number of rotatable bonds is 7. The lowest BCUT2D eigenvalue weighted by molar-refractivity contribution is -0.142. The maximum absolute atomic E-state index is 13.1. The molecule has 1 aromatic rings. The van der Waals surface area contributed by atoms with Gasteiger partial charge in [-0.25, -0.2) is 0 Å². The molecule has 1 N–H and O–H groups in total. The molecule has 1 unspecified atom stereocenters. The molecule has 1 aliphatic heterocycles. The number of benzene rings is 1. The van der Waals surface area contributed by atoms with E-state index in [1.165, 1.54) is 0 Å². The van der Waals surface area contributed by atoms with Crippen molar-refractivity contribution in [1.29, 1.82) is 0 Å². The SMILES string of the molecule is COc1ccccc1CC(C)(C)C(=O)N1CCCC(CCC(=O)O)C1. The summed E-state index contributed by atoms with van der Waals surface area (Å²) in [6.07, 6.45) is 3.39. The summed E-state index contributed by atoms with van der Waals surface area (Å²) in [7, 11) is 1.64. The van der Waals surface area contributed by atoms with Crippen molar-refractivity contribution in [3.05, 3.63) is 29.8 Å².